The van der Waals surface area contributed by atoms with Crippen LogP contribution in [0.5, 0.6) is 0 Å². The Kier molecular flexibility index (Phi) is 5.37. The van der Waals surface area contributed by atoms with Gasteiger partial charge in [0, 0.05) is 13.6 Å². The third-order valence-corrected chi connectivity index (χ3v) is 3.18. The summed E-state index contributed by atoms with van der Waals surface area (Å²) in [4.78, 5) is 36.4. The van der Waals surface area contributed by atoms with Crippen molar-refractivity contribution in [3.63, 3.8) is 0 Å². The summed E-state index contributed by atoms with van der Waals surface area (Å²) in [5.41, 5.74) is 0. The van der Waals surface area contributed by atoms with Crippen molar-refractivity contribution in [1.29, 1.82) is 0 Å². The molecule has 0 aromatic carbocycles. The smallest absolute Gasteiger partial charge is 0.334 e. The van der Waals surface area contributed by atoms with E-state index in [4.69, 9.17) is 5.84 Å². The highest BCUT2D eigenvalue weighted by atomic mass is 32.1. The monoisotopic (exact) mass is 286 g/mol. The molecule has 19 heavy (non-hydrogen) atoms. The van der Waals surface area contributed by atoms with E-state index in [1.807, 2.05) is 0 Å². The van der Waals surface area contributed by atoms with Crippen molar-refractivity contribution in [2.75, 3.05) is 13.6 Å². The molecule has 7 nitrogen and oxygen atoms in total. The van der Waals surface area contributed by atoms with Gasteiger partial charge < -0.3 is 10.2 Å². The van der Waals surface area contributed by atoms with Gasteiger partial charge in [-0.1, -0.05) is 6.08 Å². The summed E-state index contributed by atoms with van der Waals surface area (Å²) >= 11 is 3.65. The first-order chi connectivity index (χ1) is 8.88. The Hall–Kier alpha value is -1.54. The van der Waals surface area contributed by atoms with Crippen LogP contribution in [-0.2, 0) is 9.59 Å². The van der Waals surface area contributed by atoms with Gasteiger partial charge in [0.05, 0.1) is 0 Å². The van der Waals surface area contributed by atoms with E-state index in [9.17, 15) is 14.4 Å². The lowest BCUT2D eigenvalue weighted by Crippen LogP contribution is -2.53. The molecule has 1 rings (SSSR count). The van der Waals surface area contributed by atoms with Crippen LogP contribution in [0.2, 0.25) is 0 Å². The van der Waals surface area contributed by atoms with Gasteiger partial charge >= 0.3 is 6.03 Å². The number of hydrazine groups is 1. The van der Waals surface area contributed by atoms with Gasteiger partial charge in [-0.3, -0.25) is 14.6 Å². The molecule has 2 atom stereocenters. The fourth-order valence-corrected chi connectivity index (χ4v) is 2.11. The van der Waals surface area contributed by atoms with Crippen LogP contribution < -0.4 is 11.2 Å². The minimum atomic E-state index is -0.857. The minimum absolute atomic E-state index is 0.403. The molecule has 0 aliphatic carbocycles. The number of carbonyl (C=O) groups is 3. The average molecular weight is 286 g/mol. The topological polar surface area (TPSA) is 95.7 Å². The van der Waals surface area contributed by atoms with Gasteiger partial charge in [-0.2, -0.15) is 0 Å². The summed E-state index contributed by atoms with van der Waals surface area (Å²) in [6, 6.07) is -1.90. The van der Waals surface area contributed by atoms with E-state index in [1.54, 1.807) is 0 Å². The number of nitrogens with zero attached hydrogens (tertiary/aromatic N) is 2. The van der Waals surface area contributed by atoms with Crippen LogP contribution in [0.1, 0.15) is 12.8 Å². The van der Waals surface area contributed by atoms with Crippen LogP contribution in [0.3, 0.4) is 0 Å². The van der Waals surface area contributed by atoms with Gasteiger partial charge in [0.15, 0.2) is 0 Å². The molecule has 0 aromatic heterocycles. The highest BCUT2D eigenvalue weighted by Crippen LogP contribution is 2.18. The van der Waals surface area contributed by atoms with Gasteiger partial charge in [0.2, 0.25) is 11.0 Å². The van der Waals surface area contributed by atoms with Crippen molar-refractivity contribution >= 4 is 29.7 Å². The number of thiol groups is 1. The van der Waals surface area contributed by atoms with Crippen LogP contribution in [0.15, 0.2) is 12.7 Å². The first-order valence-corrected chi connectivity index (χ1v) is 6.28. The number of carbonyl (C=O) groups excluding carboxylic acids is 3. The van der Waals surface area contributed by atoms with Crippen LogP contribution >= 0.6 is 12.6 Å². The fraction of sp³-hybridized carbons (Fsp3) is 0.545. The molecule has 0 radical (unpaired) electrons. The maximum atomic E-state index is 12.1. The predicted molar refractivity (Wildman–Crippen MR) is 73.2 cm³/mol. The summed E-state index contributed by atoms with van der Waals surface area (Å²) in [6.07, 6.45) is 2.55. The molecule has 3 amide bonds. The Balaban J connectivity index is 2.72. The maximum absolute atomic E-state index is 12.1. The summed E-state index contributed by atoms with van der Waals surface area (Å²) in [7, 11) is 1.42. The lowest BCUT2D eigenvalue weighted by atomic mass is 10.2. The third kappa shape index (κ3) is 3.71. The second-order valence-corrected chi connectivity index (χ2v) is 4.75. The zero-order chi connectivity index (χ0) is 14.6. The molecule has 0 spiro atoms. The summed E-state index contributed by atoms with van der Waals surface area (Å²) in [5.74, 6) is 4.98. The summed E-state index contributed by atoms with van der Waals surface area (Å²) < 4.78 is 0. The zero-order valence-electron chi connectivity index (χ0n) is 10.7. The summed E-state index contributed by atoms with van der Waals surface area (Å²) in [5, 5.41) is 2.92. The highest BCUT2D eigenvalue weighted by molar-refractivity contribution is 7.96. The molecular weight excluding hydrogens is 268 g/mol. The second-order valence-electron chi connectivity index (χ2n) is 4.31. The SMILES string of the molecule is C=CC(NC(=O)C1CCCN1C(=O)N(C)N)C(=O)S. The number of rotatable bonds is 4. The van der Waals surface area contributed by atoms with E-state index >= 15 is 0 Å². The van der Waals surface area contributed by atoms with E-state index in [1.165, 1.54) is 18.0 Å². The highest BCUT2D eigenvalue weighted by Gasteiger charge is 2.35. The van der Waals surface area contributed by atoms with Gasteiger partial charge in [-0.15, -0.1) is 19.2 Å². The summed E-state index contributed by atoms with van der Waals surface area (Å²) in [6.45, 7) is 3.92. The normalized spacial score (nSPS) is 19.7. The van der Waals surface area contributed by atoms with E-state index in [0.717, 1.165) is 5.01 Å². The maximum Gasteiger partial charge on any atom is 0.334 e. The van der Waals surface area contributed by atoms with E-state index < -0.39 is 29.1 Å². The van der Waals surface area contributed by atoms with E-state index in [0.29, 0.717) is 19.4 Å². The Bertz CT molecular complexity index is 399. The quantitative estimate of drug-likeness (QED) is 0.213. The second kappa shape index (κ2) is 6.58. The number of hydrogen-bond donors (Lipinski definition) is 3. The molecule has 0 bridgehead atoms. The fourth-order valence-electron chi connectivity index (χ4n) is 1.94. The Morgan fingerprint density at radius 2 is 2.21 bits per heavy atom. The predicted octanol–water partition coefficient (Wildman–Crippen LogP) is -0.496. The lowest BCUT2D eigenvalue weighted by Gasteiger charge is -2.27. The Labute approximate surface area is 117 Å². The minimum Gasteiger partial charge on any atom is -0.340 e. The van der Waals surface area contributed by atoms with Crippen molar-refractivity contribution in [2.24, 2.45) is 5.84 Å². The van der Waals surface area contributed by atoms with E-state index in [2.05, 4.69) is 24.5 Å². The molecule has 0 saturated carbocycles. The van der Waals surface area contributed by atoms with Gasteiger partial charge in [-0.25, -0.2) is 10.6 Å². The van der Waals surface area contributed by atoms with Gasteiger partial charge in [-0.05, 0) is 12.8 Å². The molecule has 1 aliphatic heterocycles. The molecule has 0 aromatic rings. The molecule has 2 unspecified atom stereocenters. The zero-order valence-corrected chi connectivity index (χ0v) is 11.6. The third-order valence-electron chi connectivity index (χ3n) is 2.90. The largest absolute Gasteiger partial charge is 0.340 e. The van der Waals surface area contributed by atoms with E-state index in [-0.39, 0.29) is 0 Å². The standard InChI is InChI=1S/C11H18N4O3S/c1-3-7(10(17)19)13-9(16)8-5-4-6-15(8)11(18)14(2)12/h3,7-8H,1,4-6,12H2,2H3,(H,13,16)(H,17,19). The molecule has 3 N–H and O–H groups in total. The van der Waals surface area contributed by atoms with Crippen molar-refractivity contribution in [1.82, 2.24) is 15.2 Å². The number of hydrogen-bond acceptors (Lipinski definition) is 4. The van der Waals surface area contributed by atoms with Crippen molar-refractivity contribution in [3.8, 4) is 0 Å². The van der Waals surface area contributed by atoms with Crippen LogP contribution in [0.25, 0.3) is 0 Å². The van der Waals surface area contributed by atoms with Crippen molar-refractivity contribution in [2.45, 2.75) is 24.9 Å². The lowest BCUT2D eigenvalue weighted by molar-refractivity contribution is -0.127. The van der Waals surface area contributed by atoms with Gasteiger partial charge in [0.25, 0.3) is 0 Å². The van der Waals surface area contributed by atoms with Crippen LogP contribution in [0, 0.1) is 0 Å². The molecule has 106 valence electrons. The number of urea groups is 1. The van der Waals surface area contributed by atoms with Gasteiger partial charge in [0.1, 0.15) is 12.1 Å². The Morgan fingerprint density at radius 1 is 1.58 bits per heavy atom. The van der Waals surface area contributed by atoms with Crippen LogP contribution in [-0.4, -0.2) is 52.6 Å². The molecule has 1 heterocycles. The number of nitrogens with two attached hydrogens (primary N) is 1. The molecular formula is C11H18N4O3S. The number of amides is 3. The molecule has 8 heteroatoms. The number of nitrogens with one attached hydrogen (secondary N) is 1. The average Bonchev–Trinajstić information content (AvgIpc) is 2.83. The van der Waals surface area contributed by atoms with Crippen molar-refractivity contribution in [3.05, 3.63) is 12.7 Å². The molecule has 1 fully saturated rings. The first kappa shape index (κ1) is 15.5. The molecule has 1 aliphatic rings. The van der Waals surface area contributed by atoms with Crippen LogP contribution in [0.4, 0.5) is 4.79 Å². The number of likely N-dealkylation sites (tertiary alicyclic amines) is 1. The molecule has 1 saturated heterocycles. The Morgan fingerprint density at radius 3 is 2.68 bits per heavy atom. The van der Waals surface area contributed by atoms with Crippen molar-refractivity contribution < 1.29 is 14.4 Å². The first-order valence-electron chi connectivity index (χ1n) is 5.83.